The summed E-state index contributed by atoms with van der Waals surface area (Å²) in [5.41, 5.74) is 1.79. The summed E-state index contributed by atoms with van der Waals surface area (Å²) in [6, 6.07) is 8.74. The topological polar surface area (TPSA) is 81.3 Å². The van der Waals surface area contributed by atoms with Crippen molar-refractivity contribution in [2.75, 3.05) is 0 Å². The summed E-state index contributed by atoms with van der Waals surface area (Å²) in [5.74, 6) is 0.247. The summed E-state index contributed by atoms with van der Waals surface area (Å²) in [6.07, 6.45) is 0. The summed E-state index contributed by atoms with van der Waals surface area (Å²) >= 11 is 5.87. The zero-order valence-electron chi connectivity index (χ0n) is 14.2. The summed E-state index contributed by atoms with van der Waals surface area (Å²) in [4.78, 5) is 28.9. The average Bonchev–Trinajstić information content (AvgIpc) is 2.83. The first-order valence-electron chi connectivity index (χ1n) is 7.84. The van der Waals surface area contributed by atoms with Crippen LogP contribution in [-0.4, -0.2) is 25.1 Å². The van der Waals surface area contributed by atoms with Gasteiger partial charge in [0, 0.05) is 16.8 Å². The number of fused-ring (bicyclic) bond motifs is 1. The van der Waals surface area contributed by atoms with E-state index in [1.54, 1.807) is 25.1 Å². The Morgan fingerprint density at radius 3 is 2.64 bits per heavy atom. The standard InChI is InChI=1S/C17H18ClN5O2/c1-10-8-15-21-22(17(25)23(15)12(3)19-10)9-16(24)20-11(2)13-4-6-14(18)7-5-13/h4-8,11H,9H2,1-3H3,(H,20,24)/t11-/m0/s1. The maximum Gasteiger partial charge on any atom is 0.352 e. The highest BCUT2D eigenvalue weighted by molar-refractivity contribution is 6.30. The van der Waals surface area contributed by atoms with E-state index in [1.807, 2.05) is 26.0 Å². The van der Waals surface area contributed by atoms with Gasteiger partial charge in [0.25, 0.3) is 0 Å². The van der Waals surface area contributed by atoms with Gasteiger partial charge in [-0.05, 0) is 38.5 Å². The van der Waals surface area contributed by atoms with E-state index in [0.717, 1.165) is 15.9 Å². The molecule has 2 heterocycles. The molecule has 7 nitrogen and oxygen atoms in total. The van der Waals surface area contributed by atoms with Crippen LogP contribution in [0.4, 0.5) is 0 Å². The predicted octanol–water partition coefficient (Wildman–Crippen LogP) is 2.04. The molecule has 3 aromatic rings. The fourth-order valence-corrected chi connectivity index (χ4v) is 2.83. The van der Waals surface area contributed by atoms with Gasteiger partial charge in [-0.1, -0.05) is 23.7 Å². The first kappa shape index (κ1) is 17.2. The number of amides is 1. The van der Waals surface area contributed by atoms with Crippen LogP contribution in [0.25, 0.3) is 5.65 Å². The van der Waals surface area contributed by atoms with E-state index in [-0.39, 0.29) is 24.2 Å². The first-order chi connectivity index (χ1) is 11.8. The number of aromatic nitrogens is 4. The van der Waals surface area contributed by atoms with Gasteiger partial charge in [-0.15, -0.1) is 5.10 Å². The number of aryl methyl sites for hydroxylation is 2. The fraction of sp³-hybridized carbons (Fsp3) is 0.294. The van der Waals surface area contributed by atoms with Gasteiger partial charge in [0.2, 0.25) is 5.91 Å². The summed E-state index contributed by atoms with van der Waals surface area (Å²) in [6.45, 7) is 5.27. The Morgan fingerprint density at radius 2 is 1.96 bits per heavy atom. The lowest BCUT2D eigenvalue weighted by molar-refractivity contribution is -0.122. The van der Waals surface area contributed by atoms with Crippen LogP contribution in [0.5, 0.6) is 0 Å². The smallest absolute Gasteiger partial charge is 0.348 e. The molecule has 0 saturated carbocycles. The predicted molar refractivity (Wildman–Crippen MR) is 94.7 cm³/mol. The number of carbonyl (C=O) groups excluding carboxylic acids is 1. The number of hydrogen-bond donors (Lipinski definition) is 1. The van der Waals surface area contributed by atoms with Crippen molar-refractivity contribution in [2.45, 2.75) is 33.4 Å². The minimum atomic E-state index is -0.380. The van der Waals surface area contributed by atoms with Crippen molar-refractivity contribution in [3.05, 3.63) is 62.9 Å². The Labute approximate surface area is 149 Å². The molecule has 0 unspecified atom stereocenters. The van der Waals surface area contributed by atoms with E-state index in [4.69, 9.17) is 11.6 Å². The van der Waals surface area contributed by atoms with E-state index >= 15 is 0 Å². The van der Waals surface area contributed by atoms with Gasteiger partial charge >= 0.3 is 5.69 Å². The number of nitrogens with zero attached hydrogens (tertiary/aromatic N) is 4. The number of halogens is 1. The van der Waals surface area contributed by atoms with E-state index < -0.39 is 0 Å². The molecular weight excluding hydrogens is 342 g/mol. The minimum absolute atomic E-state index is 0.156. The maximum absolute atomic E-state index is 12.4. The van der Waals surface area contributed by atoms with Gasteiger partial charge in [0.15, 0.2) is 5.65 Å². The van der Waals surface area contributed by atoms with Crippen LogP contribution in [0.2, 0.25) is 5.02 Å². The fourth-order valence-electron chi connectivity index (χ4n) is 2.71. The van der Waals surface area contributed by atoms with Gasteiger partial charge in [0.05, 0.1) is 6.04 Å². The Kier molecular flexibility index (Phi) is 4.59. The van der Waals surface area contributed by atoms with Gasteiger partial charge in [-0.25, -0.2) is 18.9 Å². The zero-order chi connectivity index (χ0) is 18.1. The van der Waals surface area contributed by atoms with Crippen LogP contribution in [0, 0.1) is 13.8 Å². The molecule has 3 rings (SSSR count). The van der Waals surface area contributed by atoms with Crippen molar-refractivity contribution >= 4 is 23.2 Å². The molecule has 8 heteroatoms. The zero-order valence-corrected chi connectivity index (χ0v) is 14.9. The number of hydrogen-bond acceptors (Lipinski definition) is 4. The molecule has 1 atom stereocenters. The SMILES string of the molecule is Cc1cc2nn(CC(=O)N[C@@H](C)c3ccc(Cl)cc3)c(=O)n2c(C)n1. The third-order valence-corrected chi connectivity index (χ3v) is 4.16. The molecule has 0 aliphatic heterocycles. The molecule has 0 bridgehead atoms. The summed E-state index contributed by atoms with van der Waals surface area (Å²) in [5, 5.41) is 7.71. The molecule has 1 amide bonds. The van der Waals surface area contributed by atoms with Crippen molar-refractivity contribution in [2.24, 2.45) is 0 Å². The van der Waals surface area contributed by atoms with E-state index in [9.17, 15) is 9.59 Å². The van der Waals surface area contributed by atoms with Gasteiger partial charge < -0.3 is 5.32 Å². The molecule has 0 spiro atoms. The van der Waals surface area contributed by atoms with Crippen molar-refractivity contribution in [1.82, 2.24) is 24.5 Å². The van der Waals surface area contributed by atoms with Crippen molar-refractivity contribution < 1.29 is 4.79 Å². The highest BCUT2D eigenvalue weighted by Gasteiger charge is 2.15. The Bertz CT molecular complexity index is 991. The maximum atomic E-state index is 12.4. The first-order valence-corrected chi connectivity index (χ1v) is 8.21. The highest BCUT2D eigenvalue weighted by atomic mass is 35.5. The second-order valence-corrected chi connectivity index (χ2v) is 6.36. The van der Waals surface area contributed by atoms with Gasteiger partial charge in [0.1, 0.15) is 12.4 Å². The summed E-state index contributed by atoms with van der Waals surface area (Å²) < 4.78 is 2.54. The Morgan fingerprint density at radius 1 is 1.28 bits per heavy atom. The normalized spacial score (nSPS) is 12.3. The second-order valence-electron chi connectivity index (χ2n) is 5.92. The van der Waals surface area contributed by atoms with Crippen LogP contribution in [-0.2, 0) is 11.3 Å². The van der Waals surface area contributed by atoms with E-state index in [0.29, 0.717) is 16.5 Å². The molecule has 0 aliphatic rings. The molecule has 0 aliphatic carbocycles. The lowest BCUT2D eigenvalue weighted by Gasteiger charge is -2.14. The van der Waals surface area contributed by atoms with E-state index in [2.05, 4.69) is 15.4 Å². The molecule has 1 aromatic carbocycles. The molecule has 0 fully saturated rings. The molecule has 1 N–H and O–H groups in total. The number of benzene rings is 1. The van der Waals surface area contributed by atoms with Crippen LogP contribution in [0.1, 0.15) is 30.0 Å². The van der Waals surface area contributed by atoms with Crippen molar-refractivity contribution in [1.29, 1.82) is 0 Å². The molecular formula is C17H18ClN5O2. The highest BCUT2D eigenvalue weighted by Crippen LogP contribution is 2.15. The van der Waals surface area contributed by atoms with Crippen LogP contribution >= 0.6 is 11.6 Å². The monoisotopic (exact) mass is 359 g/mol. The van der Waals surface area contributed by atoms with Gasteiger partial charge in [-0.3, -0.25) is 4.79 Å². The number of rotatable bonds is 4. The minimum Gasteiger partial charge on any atom is -0.348 e. The Hall–Kier alpha value is -2.67. The largest absolute Gasteiger partial charge is 0.352 e. The lowest BCUT2D eigenvalue weighted by atomic mass is 10.1. The molecule has 25 heavy (non-hydrogen) atoms. The molecule has 130 valence electrons. The van der Waals surface area contributed by atoms with Crippen LogP contribution < -0.4 is 11.0 Å². The number of nitrogens with one attached hydrogen (secondary N) is 1. The van der Waals surface area contributed by atoms with Crippen molar-refractivity contribution in [3.8, 4) is 0 Å². The van der Waals surface area contributed by atoms with Crippen LogP contribution in [0.15, 0.2) is 35.1 Å². The molecule has 0 radical (unpaired) electrons. The van der Waals surface area contributed by atoms with Crippen molar-refractivity contribution in [3.63, 3.8) is 0 Å². The lowest BCUT2D eigenvalue weighted by Crippen LogP contribution is -2.34. The average molecular weight is 360 g/mol. The molecule has 0 saturated heterocycles. The van der Waals surface area contributed by atoms with Crippen LogP contribution in [0.3, 0.4) is 0 Å². The van der Waals surface area contributed by atoms with Gasteiger partial charge in [-0.2, -0.15) is 0 Å². The number of carbonyl (C=O) groups is 1. The quantitative estimate of drug-likeness (QED) is 0.772. The third-order valence-electron chi connectivity index (χ3n) is 3.90. The summed E-state index contributed by atoms with van der Waals surface area (Å²) in [7, 11) is 0. The third kappa shape index (κ3) is 3.56. The Balaban J connectivity index is 1.78. The second kappa shape index (κ2) is 6.68. The molecule has 2 aromatic heterocycles. The van der Waals surface area contributed by atoms with E-state index in [1.165, 1.54) is 4.40 Å².